The second-order valence-electron chi connectivity index (χ2n) is 6.23. The maximum Gasteiger partial charge on any atom is 0.191 e. The van der Waals surface area contributed by atoms with E-state index in [4.69, 9.17) is 4.74 Å². The zero-order chi connectivity index (χ0) is 17.6. The molecule has 0 fully saturated rings. The number of aliphatic imine (C=N–C) groups is 1. The molecule has 0 aromatic heterocycles. The van der Waals surface area contributed by atoms with Gasteiger partial charge in [-0.25, -0.2) is 0 Å². The number of nitrogens with zero attached hydrogens (tertiary/aromatic N) is 2. The average Bonchev–Trinajstić information content (AvgIpc) is 2.56. The van der Waals surface area contributed by atoms with E-state index in [0.717, 1.165) is 51.6 Å². The number of hydrogen-bond acceptors (Lipinski definition) is 3. The molecule has 144 valence electrons. The molecule has 1 rings (SSSR count). The van der Waals surface area contributed by atoms with Crippen LogP contribution in [0.5, 0.6) is 0 Å². The third-order valence-corrected chi connectivity index (χ3v) is 3.57. The minimum atomic E-state index is 0. The van der Waals surface area contributed by atoms with Crippen LogP contribution in [0.4, 0.5) is 0 Å². The largest absolute Gasteiger partial charge is 0.381 e. The number of hydrogen-bond donors (Lipinski definition) is 2. The van der Waals surface area contributed by atoms with Gasteiger partial charge in [0, 0.05) is 39.9 Å². The van der Waals surface area contributed by atoms with Gasteiger partial charge in [0.05, 0.1) is 0 Å². The van der Waals surface area contributed by atoms with Gasteiger partial charge in [-0.2, -0.15) is 0 Å². The molecule has 1 aromatic rings. The Morgan fingerprint density at radius 2 is 1.84 bits per heavy atom. The predicted molar refractivity (Wildman–Crippen MR) is 118 cm³/mol. The van der Waals surface area contributed by atoms with Gasteiger partial charge in [0.1, 0.15) is 0 Å². The Balaban J connectivity index is 0.00000576. The molecule has 0 aliphatic rings. The van der Waals surface area contributed by atoms with Crippen LogP contribution in [-0.2, 0) is 17.8 Å². The van der Waals surface area contributed by atoms with Crippen molar-refractivity contribution in [1.29, 1.82) is 0 Å². The van der Waals surface area contributed by atoms with Gasteiger partial charge in [-0.3, -0.25) is 4.99 Å². The number of benzene rings is 1. The molecule has 0 heterocycles. The van der Waals surface area contributed by atoms with E-state index in [0.29, 0.717) is 0 Å². The Morgan fingerprint density at radius 1 is 1.12 bits per heavy atom. The molecule has 0 aliphatic carbocycles. The highest BCUT2D eigenvalue weighted by Gasteiger charge is 2.00. The normalized spacial score (nSPS) is 11.3. The van der Waals surface area contributed by atoms with Crippen molar-refractivity contribution in [3.05, 3.63) is 35.4 Å². The Kier molecular flexibility index (Phi) is 14.9. The van der Waals surface area contributed by atoms with Crippen molar-refractivity contribution in [2.75, 3.05) is 40.9 Å². The van der Waals surface area contributed by atoms with Crippen LogP contribution in [0.2, 0.25) is 0 Å². The summed E-state index contributed by atoms with van der Waals surface area (Å²) in [7, 11) is 5.97. The van der Waals surface area contributed by atoms with Gasteiger partial charge in [0.2, 0.25) is 0 Å². The maximum atomic E-state index is 5.56. The smallest absolute Gasteiger partial charge is 0.191 e. The minimum Gasteiger partial charge on any atom is -0.381 e. The predicted octanol–water partition coefficient (Wildman–Crippen LogP) is 3.24. The molecule has 0 amide bonds. The van der Waals surface area contributed by atoms with E-state index in [1.165, 1.54) is 17.5 Å². The Morgan fingerprint density at radius 3 is 2.52 bits per heavy atom. The first-order valence-electron chi connectivity index (χ1n) is 8.90. The summed E-state index contributed by atoms with van der Waals surface area (Å²) in [6.07, 6.45) is 3.32. The average molecular weight is 462 g/mol. The zero-order valence-electron chi connectivity index (χ0n) is 16.2. The second kappa shape index (κ2) is 15.4. The minimum absolute atomic E-state index is 0. The molecule has 0 saturated heterocycles. The summed E-state index contributed by atoms with van der Waals surface area (Å²) in [6.45, 7) is 6.44. The summed E-state index contributed by atoms with van der Waals surface area (Å²) in [6, 6.07) is 8.65. The number of guanidine groups is 1. The lowest BCUT2D eigenvalue weighted by Crippen LogP contribution is -2.37. The first-order valence-corrected chi connectivity index (χ1v) is 8.90. The highest BCUT2D eigenvalue weighted by Crippen LogP contribution is 2.06. The molecule has 0 spiro atoms. The van der Waals surface area contributed by atoms with Gasteiger partial charge < -0.3 is 20.3 Å². The van der Waals surface area contributed by atoms with E-state index in [1.807, 2.05) is 0 Å². The second-order valence-corrected chi connectivity index (χ2v) is 6.23. The van der Waals surface area contributed by atoms with E-state index in [9.17, 15) is 0 Å². The summed E-state index contributed by atoms with van der Waals surface area (Å²) >= 11 is 0. The number of rotatable bonds is 11. The van der Waals surface area contributed by atoms with Gasteiger partial charge in [0.15, 0.2) is 5.96 Å². The fourth-order valence-corrected chi connectivity index (χ4v) is 2.34. The van der Waals surface area contributed by atoms with Crippen LogP contribution < -0.4 is 10.6 Å². The topological polar surface area (TPSA) is 48.9 Å². The van der Waals surface area contributed by atoms with Crippen molar-refractivity contribution in [3.63, 3.8) is 0 Å². The molecule has 0 radical (unpaired) electrons. The fourth-order valence-electron chi connectivity index (χ4n) is 2.34. The molecule has 0 aliphatic heterocycles. The van der Waals surface area contributed by atoms with Crippen molar-refractivity contribution < 1.29 is 4.74 Å². The van der Waals surface area contributed by atoms with E-state index in [-0.39, 0.29) is 24.0 Å². The van der Waals surface area contributed by atoms with Crippen molar-refractivity contribution in [2.24, 2.45) is 4.99 Å². The van der Waals surface area contributed by atoms with Crippen LogP contribution in [0, 0.1) is 0 Å². The molecule has 0 bridgehead atoms. The Bertz CT molecular complexity index is 480. The van der Waals surface area contributed by atoms with E-state index < -0.39 is 0 Å². The Hall–Kier alpha value is -0.860. The molecule has 6 heteroatoms. The van der Waals surface area contributed by atoms with Crippen LogP contribution >= 0.6 is 24.0 Å². The third kappa shape index (κ3) is 12.2. The molecule has 25 heavy (non-hydrogen) atoms. The molecule has 0 atom stereocenters. The summed E-state index contributed by atoms with van der Waals surface area (Å²) in [5, 5.41) is 6.69. The Labute approximate surface area is 170 Å². The molecular weight excluding hydrogens is 427 g/mol. The van der Waals surface area contributed by atoms with Gasteiger partial charge in [-0.1, -0.05) is 37.6 Å². The molecule has 2 N–H and O–H groups in total. The van der Waals surface area contributed by atoms with Crippen LogP contribution in [0.3, 0.4) is 0 Å². The fraction of sp³-hybridized carbons (Fsp3) is 0.632. The van der Waals surface area contributed by atoms with Crippen molar-refractivity contribution >= 4 is 29.9 Å². The lowest BCUT2D eigenvalue weighted by molar-refractivity contribution is 0.129. The lowest BCUT2D eigenvalue weighted by Gasteiger charge is -2.14. The maximum absolute atomic E-state index is 5.56. The van der Waals surface area contributed by atoms with Crippen LogP contribution in [0.15, 0.2) is 29.3 Å². The number of ether oxygens (including phenoxy) is 1. The SMILES string of the molecule is CCCCOCCCNC(=NC)NCc1cccc(CN(C)C)c1.I. The van der Waals surface area contributed by atoms with Gasteiger partial charge in [-0.15, -0.1) is 24.0 Å². The lowest BCUT2D eigenvalue weighted by atomic mass is 10.1. The van der Waals surface area contributed by atoms with Crippen molar-refractivity contribution in [2.45, 2.75) is 39.3 Å². The number of halogens is 1. The van der Waals surface area contributed by atoms with Gasteiger partial charge in [0.25, 0.3) is 0 Å². The van der Waals surface area contributed by atoms with Crippen LogP contribution in [0.25, 0.3) is 0 Å². The molecule has 0 saturated carbocycles. The number of unbranched alkanes of at least 4 members (excludes halogenated alkanes) is 1. The summed E-state index contributed by atoms with van der Waals surface area (Å²) < 4.78 is 5.56. The van der Waals surface area contributed by atoms with Crippen LogP contribution in [0.1, 0.15) is 37.3 Å². The summed E-state index contributed by atoms with van der Waals surface area (Å²) in [5.74, 6) is 0.835. The highest BCUT2D eigenvalue weighted by molar-refractivity contribution is 14.0. The van der Waals surface area contributed by atoms with Crippen molar-refractivity contribution in [1.82, 2.24) is 15.5 Å². The summed E-state index contributed by atoms with van der Waals surface area (Å²) in [4.78, 5) is 6.44. The number of nitrogens with one attached hydrogen (secondary N) is 2. The van der Waals surface area contributed by atoms with Gasteiger partial charge in [-0.05, 0) is 38.1 Å². The standard InChI is InChI=1S/C19H34N4O.HI/c1-5-6-12-24-13-8-11-21-19(20-2)22-15-17-9-7-10-18(14-17)16-23(3)4;/h7,9-10,14H,5-6,8,11-13,15-16H2,1-4H3,(H2,20,21,22);1H. The first-order chi connectivity index (χ1) is 11.7. The molecular formula is C19H35IN4O. The first kappa shape index (κ1) is 24.1. The van der Waals surface area contributed by atoms with E-state index >= 15 is 0 Å². The molecule has 0 unspecified atom stereocenters. The van der Waals surface area contributed by atoms with E-state index in [2.05, 4.69) is 65.8 Å². The van der Waals surface area contributed by atoms with Crippen LogP contribution in [-0.4, -0.2) is 51.8 Å². The third-order valence-electron chi connectivity index (χ3n) is 3.57. The quantitative estimate of drug-likeness (QED) is 0.230. The monoisotopic (exact) mass is 462 g/mol. The highest BCUT2D eigenvalue weighted by atomic mass is 127. The summed E-state index contributed by atoms with van der Waals surface area (Å²) in [5.41, 5.74) is 2.59. The van der Waals surface area contributed by atoms with E-state index in [1.54, 1.807) is 7.05 Å². The molecule has 1 aromatic carbocycles. The van der Waals surface area contributed by atoms with Crippen molar-refractivity contribution in [3.8, 4) is 0 Å². The zero-order valence-corrected chi connectivity index (χ0v) is 18.5. The molecule has 5 nitrogen and oxygen atoms in total. The van der Waals surface area contributed by atoms with Gasteiger partial charge >= 0.3 is 0 Å².